The first kappa shape index (κ1) is 17.0. The molecule has 0 radical (unpaired) electrons. The Kier molecular flexibility index (Phi) is 5.38. The van der Waals surface area contributed by atoms with Crippen molar-refractivity contribution in [3.63, 3.8) is 0 Å². The van der Waals surface area contributed by atoms with Crippen LogP contribution in [0.2, 0.25) is 0 Å². The van der Waals surface area contributed by atoms with Gasteiger partial charge in [0.2, 0.25) is 4.77 Å². The van der Waals surface area contributed by atoms with E-state index < -0.39 is 0 Å². The first-order chi connectivity index (χ1) is 11.0. The molecule has 1 heterocycles. The second kappa shape index (κ2) is 7.28. The predicted octanol–water partition coefficient (Wildman–Crippen LogP) is 2.97. The minimum Gasteiger partial charge on any atom is -0.496 e. The molecule has 0 spiro atoms. The summed E-state index contributed by atoms with van der Waals surface area (Å²) in [6.07, 6.45) is 1.65. The van der Waals surface area contributed by atoms with Crippen LogP contribution in [0.1, 0.15) is 31.2 Å². The third kappa shape index (κ3) is 3.53. The average molecular weight is 336 g/mol. The van der Waals surface area contributed by atoms with Crippen LogP contribution in [-0.4, -0.2) is 42.4 Å². The van der Waals surface area contributed by atoms with Gasteiger partial charge < -0.3 is 14.2 Å². The number of hydrogen-bond acceptors (Lipinski definition) is 6. The first-order valence-corrected chi connectivity index (χ1v) is 7.44. The molecule has 124 valence electrons. The van der Waals surface area contributed by atoms with Gasteiger partial charge in [0, 0.05) is 17.5 Å². The van der Waals surface area contributed by atoms with Gasteiger partial charge in [-0.05, 0) is 18.3 Å². The van der Waals surface area contributed by atoms with Crippen molar-refractivity contribution >= 4 is 18.4 Å². The quantitative estimate of drug-likeness (QED) is 0.648. The Bertz CT molecular complexity index is 765. The minimum atomic E-state index is 0.187. The molecule has 0 aliphatic rings. The molecule has 0 aliphatic heterocycles. The zero-order valence-electron chi connectivity index (χ0n) is 13.8. The molecule has 23 heavy (non-hydrogen) atoms. The van der Waals surface area contributed by atoms with E-state index >= 15 is 0 Å². The maximum atomic E-state index is 5.38. The Morgan fingerprint density at radius 2 is 1.74 bits per heavy atom. The summed E-state index contributed by atoms with van der Waals surface area (Å²) in [6, 6.07) is 3.54. The highest BCUT2D eigenvalue weighted by atomic mass is 32.1. The fourth-order valence-electron chi connectivity index (χ4n) is 2.06. The summed E-state index contributed by atoms with van der Waals surface area (Å²) in [6.45, 7) is 4.04. The molecule has 0 aliphatic carbocycles. The van der Waals surface area contributed by atoms with Gasteiger partial charge in [0.15, 0.2) is 17.3 Å². The number of nitrogens with one attached hydrogen (secondary N) is 1. The van der Waals surface area contributed by atoms with Crippen LogP contribution in [0.5, 0.6) is 17.2 Å². The van der Waals surface area contributed by atoms with Gasteiger partial charge in [-0.1, -0.05) is 13.8 Å². The van der Waals surface area contributed by atoms with E-state index in [9.17, 15) is 0 Å². The van der Waals surface area contributed by atoms with Crippen LogP contribution in [0.25, 0.3) is 0 Å². The minimum absolute atomic E-state index is 0.187. The lowest BCUT2D eigenvalue weighted by Crippen LogP contribution is -2.02. The molecule has 0 saturated heterocycles. The summed E-state index contributed by atoms with van der Waals surface area (Å²) in [5.41, 5.74) is 0.739. The van der Waals surface area contributed by atoms with Crippen molar-refractivity contribution in [2.45, 2.75) is 19.8 Å². The van der Waals surface area contributed by atoms with Gasteiger partial charge in [-0.3, -0.25) is 5.10 Å². The van der Waals surface area contributed by atoms with Gasteiger partial charge in [-0.15, -0.1) is 0 Å². The zero-order chi connectivity index (χ0) is 17.0. The third-order valence-electron chi connectivity index (χ3n) is 3.24. The van der Waals surface area contributed by atoms with Crippen molar-refractivity contribution in [1.29, 1.82) is 0 Å². The number of aromatic amines is 1. The highest BCUT2D eigenvalue weighted by molar-refractivity contribution is 7.71. The maximum absolute atomic E-state index is 5.38. The molecule has 2 rings (SSSR count). The van der Waals surface area contributed by atoms with Gasteiger partial charge >= 0.3 is 0 Å². The van der Waals surface area contributed by atoms with Gasteiger partial charge in [0.1, 0.15) is 5.75 Å². The number of hydrogen-bond donors (Lipinski definition) is 1. The molecule has 1 aromatic carbocycles. The highest BCUT2D eigenvalue weighted by Gasteiger charge is 2.12. The second-order valence-corrected chi connectivity index (χ2v) is 5.43. The van der Waals surface area contributed by atoms with Crippen LogP contribution in [0.15, 0.2) is 17.2 Å². The SMILES string of the molecule is COc1cc(OC)c(OC)cc1/C=N\n1c(C(C)C)n[nH]c1=S. The molecule has 0 atom stereocenters. The molecule has 0 fully saturated rings. The number of H-pyrrole nitrogens is 1. The molecule has 1 N–H and O–H groups in total. The van der Waals surface area contributed by atoms with E-state index in [1.54, 1.807) is 44.4 Å². The Morgan fingerprint density at radius 1 is 1.13 bits per heavy atom. The second-order valence-electron chi connectivity index (χ2n) is 5.05. The summed E-state index contributed by atoms with van der Waals surface area (Å²) in [4.78, 5) is 0. The molecule has 0 bridgehead atoms. The maximum Gasteiger partial charge on any atom is 0.216 e. The highest BCUT2D eigenvalue weighted by Crippen LogP contribution is 2.33. The van der Waals surface area contributed by atoms with Gasteiger partial charge in [-0.2, -0.15) is 14.9 Å². The van der Waals surface area contributed by atoms with E-state index in [2.05, 4.69) is 15.3 Å². The molecule has 0 unspecified atom stereocenters. The topological polar surface area (TPSA) is 73.7 Å². The van der Waals surface area contributed by atoms with Crippen molar-refractivity contribution in [3.05, 3.63) is 28.3 Å². The summed E-state index contributed by atoms with van der Waals surface area (Å²) >= 11 is 5.21. The summed E-state index contributed by atoms with van der Waals surface area (Å²) < 4.78 is 18.0. The number of methoxy groups -OCH3 is 3. The fraction of sp³-hybridized carbons (Fsp3) is 0.400. The molecule has 0 amide bonds. The van der Waals surface area contributed by atoms with Crippen LogP contribution >= 0.6 is 12.2 Å². The van der Waals surface area contributed by atoms with E-state index in [0.717, 1.165) is 11.4 Å². The molecule has 0 saturated carbocycles. The van der Waals surface area contributed by atoms with Crippen LogP contribution in [0.3, 0.4) is 0 Å². The largest absolute Gasteiger partial charge is 0.496 e. The Balaban J connectivity index is 2.47. The van der Waals surface area contributed by atoms with Crippen molar-refractivity contribution in [1.82, 2.24) is 14.9 Å². The Labute approximate surface area is 139 Å². The smallest absolute Gasteiger partial charge is 0.216 e. The number of rotatable bonds is 6. The van der Waals surface area contributed by atoms with Gasteiger partial charge in [0.25, 0.3) is 0 Å². The van der Waals surface area contributed by atoms with Crippen LogP contribution in [-0.2, 0) is 0 Å². The summed E-state index contributed by atoms with van der Waals surface area (Å²) in [5, 5.41) is 11.4. The van der Waals surface area contributed by atoms with Crippen molar-refractivity contribution in [2.75, 3.05) is 21.3 Å². The van der Waals surface area contributed by atoms with Crippen molar-refractivity contribution < 1.29 is 14.2 Å². The van der Waals surface area contributed by atoms with E-state index in [-0.39, 0.29) is 5.92 Å². The van der Waals surface area contributed by atoms with Crippen LogP contribution in [0, 0.1) is 4.77 Å². The number of nitrogens with zero attached hydrogens (tertiary/aromatic N) is 3. The first-order valence-electron chi connectivity index (χ1n) is 7.03. The lowest BCUT2D eigenvalue weighted by atomic mass is 10.2. The molecule has 8 heteroatoms. The number of ether oxygens (including phenoxy) is 3. The monoisotopic (exact) mass is 336 g/mol. The van der Waals surface area contributed by atoms with E-state index in [4.69, 9.17) is 26.4 Å². The lowest BCUT2D eigenvalue weighted by molar-refractivity contribution is 0.349. The molecule has 2 aromatic rings. The van der Waals surface area contributed by atoms with E-state index in [1.165, 1.54) is 0 Å². The van der Waals surface area contributed by atoms with Crippen molar-refractivity contribution in [3.8, 4) is 17.2 Å². The molecule has 1 aromatic heterocycles. The number of benzene rings is 1. The number of aromatic nitrogens is 3. The third-order valence-corrected chi connectivity index (χ3v) is 3.50. The van der Waals surface area contributed by atoms with Crippen LogP contribution in [0.4, 0.5) is 0 Å². The average Bonchev–Trinajstić information content (AvgIpc) is 2.92. The summed E-state index contributed by atoms with van der Waals surface area (Å²) in [5.74, 6) is 2.74. The molecular formula is C15H20N4O3S. The zero-order valence-corrected chi connectivity index (χ0v) is 14.6. The van der Waals surface area contributed by atoms with Crippen molar-refractivity contribution in [2.24, 2.45) is 5.10 Å². The standard InChI is InChI=1S/C15H20N4O3S/c1-9(2)14-17-18-15(23)19(14)16-8-10-6-12(21-4)13(22-5)7-11(10)20-3/h6-9H,1-5H3,(H,18,23)/b16-8-. The fourth-order valence-corrected chi connectivity index (χ4v) is 2.25. The summed E-state index contributed by atoms with van der Waals surface area (Å²) in [7, 11) is 4.74. The predicted molar refractivity (Wildman–Crippen MR) is 90.6 cm³/mol. The Morgan fingerprint density at radius 3 is 2.30 bits per heavy atom. The lowest BCUT2D eigenvalue weighted by Gasteiger charge is -2.12. The van der Waals surface area contributed by atoms with E-state index in [1.807, 2.05) is 13.8 Å². The van der Waals surface area contributed by atoms with Gasteiger partial charge in [-0.25, -0.2) is 0 Å². The molecule has 7 nitrogen and oxygen atoms in total. The Hall–Kier alpha value is -2.35. The van der Waals surface area contributed by atoms with Crippen LogP contribution < -0.4 is 14.2 Å². The molecular weight excluding hydrogens is 316 g/mol. The normalized spacial score (nSPS) is 11.2. The van der Waals surface area contributed by atoms with E-state index in [0.29, 0.717) is 22.0 Å². The van der Waals surface area contributed by atoms with Gasteiger partial charge in [0.05, 0.1) is 27.5 Å².